The van der Waals surface area contributed by atoms with E-state index in [9.17, 15) is 4.79 Å². The van der Waals surface area contributed by atoms with Gasteiger partial charge in [0.2, 0.25) is 0 Å². The van der Waals surface area contributed by atoms with Crippen molar-refractivity contribution in [3.8, 4) is 11.5 Å². The number of hydrogen-bond donors (Lipinski definition) is 1. The molecule has 3 aromatic carbocycles. The van der Waals surface area contributed by atoms with Crippen LogP contribution in [0.5, 0.6) is 11.5 Å². The molecule has 1 aromatic heterocycles. The summed E-state index contributed by atoms with van der Waals surface area (Å²) in [5.74, 6) is 0.777. The van der Waals surface area contributed by atoms with Gasteiger partial charge in [0, 0.05) is 21.0 Å². The second-order valence-corrected chi connectivity index (χ2v) is 8.83. The first-order chi connectivity index (χ1) is 16.4. The number of hydrogen-bond acceptors (Lipinski definition) is 5. The first-order valence-electron chi connectivity index (χ1n) is 10.3. The van der Waals surface area contributed by atoms with Gasteiger partial charge in [-0.2, -0.15) is 5.10 Å². The summed E-state index contributed by atoms with van der Waals surface area (Å²) in [4.78, 5) is 12.4. The predicted molar refractivity (Wildman–Crippen MR) is 137 cm³/mol. The van der Waals surface area contributed by atoms with Crippen LogP contribution in [0.1, 0.15) is 28.6 Å². The number of fused-ring (bicyclic) bond motifs is 1. The monoisotopic (exact) mass is 560 g/mol. The van der Waals surface area contributed by atoms with E-state index in [1.165, 1.54) is 6.21 Å². The maximum absolute atomic E-state index is 12.4. The predicted octanol–water partition coefficient (Wildman–Crippen LogP) is 7.24. The van der Waals surface area contributed by atoms with E-state index < -0.39 is 5.91 Å². The largest absolute Gasteiger partial charge is 0.490 e. The van der Waals surface area contributed by atoms with Crippen LogP contribution >= 0.6 is 39.1 Å². The zero-order valence-corrected chi connectivity index (χ0v) is 21.1. The number of para-hydroxylation sites is 1. The van der Waals surface area contributed by atoms with E-state index in [1.54, 1.807) is 36.4 Å². The van der Waals surface area contributed by atoms with Crippen molar-refractivity contribution in [2.45, 2.75) is 13.5 Å². The van der Waals surface area contributed by atoms with Gasteiger partial charge in [-0.15, -0.1) is 0 Å². The van der Waals surface area contributed by atoms with Crippen LogP contribution in [0.15, 0.2) is 74.7 Å². The van der Waals surface area contributed by atoms with Crippen molar-refractivity contribution in [1.82, 2.24) is 5.43 Å². The molecule has 0 bridgehead atoms. The van der Waals surface area contributed by atoms with Crippen LogP contribution in [0.4, 0.5) is 0 Å². The molecule has 174 valence electrons. The molecule has 1 heterocycles. The van der Waals surface area contributed by atoms with Crippen molar-refractivity contribution in [3.63, 3.8) is 0 Å². The average Bonchev–Trinajstić information content (AvgIpc) is 3.24. The van der Waals surface area contributed by atoms with E-state index in [1.807, 2.05) is 31.2 Å². The molecule has 4 aromatic rings. The zero-order chi connectivity index (χ0) is 24.1. The zero-order valence-electron chi connectivity index (χ0n) is 18.0. The molecule has 0 aliphatic heterocycles. The lowest BCUT2D eigenvalue weighted by atomic mass is 10.2. The minimum Gasteiger partial charge on any atom is -0.490 e. The fourth-order valence-electron chi connectivity index (χ4n) is 3.17. The first-order valence-corrected chi connectivity index (χ1v) is 11.8. The summed E-state index contributed by atoms with van der Waals surface area (Å²) in [5, 5.41) is 5.96. The molecular weight excluding hydrogens is 543 g/mol. The molecule has 0 aliphatic rings. The number of nitrogens with zero attached hydrogens (tertiary/aromatic N) is 1. The molecule has 0 unspecified atom stereocenters. The van der Waals surface area contributed by atoms with Crippen LogP contribution in [-0.2, 0) is 6.61 Å². The van der Waals surface area contributed by atoms with Gasteiger partial charge in [0.25, 0.3) is 0 Å². The summed E-state index contributed by atoms with van der Waals surface area (Å²) in [6.45, 7) is 2.55. The maximum Gasteiger partial charge on any atom is 0.307 e. The molecule has 0 fully saturated rings. The standard InChI is InChI=1S/C25H19BrCl2N2O4/c1-2-32-22-10-15(9-19(26)24(22)33-14-17-7-8-18(27)12-20(17)28)13-29-30-25(31)23-11-16-5-3-4-6-21(16)34-23/h3-13H,2,14H2,1H3,(H,30,31)/b29-13+. The normalized spacial score (nSPS) is 11.2. The highest BCUT2D eigenvalue weighted by atomic mass is 79.9. The maximum atomic E-state index is 12.4. The summed E-state index contributed by atoms with van der Waals surface area (Å²) in [5.41, 5.74) is 4.59. The Hall–Kier alpha value is -3.00. The number of ether oxygens (including phenoxy) is 2. The molecule has 4 rings (SSSR count). The van der Waals surface area contributed by atoms with Gasteiger partial charge in [-0.05, 0) is 64.8 Å². The van der Waals surface area contributed by atoms with Gasteiger partial charge < -0.3 is 13.9 Å². The molecule has 6 nitrogen and oxygen atoms in total. The number of benzene rings is 3. The van der Waals surface area contributed by atoms with E-state index in [2.05, 4.69) is 26.5 Å². The van der Waals surface area contributed by atoms with Gasteiger partial charge in [-0.1, -0.05) is 47.5 Å². The Morgan fingerprint density at radius 1 is 1.12 bits per heavy atom. The van der Waals surface area contributed by atoms with Gasteiger partial charge in [-0.25, -0.2) is 5.43 Å². The van der Waals surface area contributed by atoms with Crippen LogP contribution in [0, 0.1) is 0 Å². The van der Waals surface area contributed by atoms with Gasteiger partial charge in [0.1, 0.15) is 12.2 Å². The van der Waals surface area contributed by atoms with Crippen molar-refractivity contribution in [1.29, 1.82) is 0 Å². The van der Waals surface area contributed by atoms with E-state index in [-0.39, 0.29) is 12.4 Å². The lowest BCUT2D eigenvalue weighted by Gasteiger charge is -2.15. The Morgan fingerprint density at radius 3 is 2.71 bits per heavy atom. The summed E-state index contributed by atoms with van der Waals surface area (Å²) >= 11 is 15.7. The van der Waals surface area contributed by atoms with Crippen LogP contribution in [-0.4, -0.2) is 18.7 Å². The van der Waals surface area contributed by atoms with Gasteiger partial charge >= 0.3 is 5.91 Å². The van der Waals surface area contributed by atoms with Crippen molar-refractivity contribution < 1.29 is 18.7 Å². The second kappa shape index (κ2) is 11.0. The van der Waals surface area contributed by atoms with Gasteiger partial charge in [-0.3, -0.25) is 4.79 Å². The number of nitrogens with one attached hydrogen (secondary N) is 1. The quantitative estimate of drug-likeness (QED) is 0.182. The van der Waals surface area contributed by atoms with E-state index in [0.29, 0.717) is 43.8 Å². The van der Waals surface area contributed by atoms with Crippen LogP contribution in [0.3, 0.4) is 0 Å². The third kappa shape index (κ3) is 5.73. The summed E-state index contributed by atoms with van der Waals surface area (Å²) in [7, 11) is 0. The Morgan fingerprint density at radius 2 is 1.94 bits per heavy atom. The third-order valence-corrected chi connectivity index (χ3v) is 5.92. The molecule has 0 spiro atoms. The minimum atomic E-state index is -0.448. The molecule has 0 saturated heterocycles. The summed E-state index contributed by atoms with van der Waals surface area (Å²) in [6.07, 6.45) is 1.51. The fourth-order valence-corrected chi connectivity index (χ4v) is 4.21. The highest BCUT2D eigenvalue weighted by Gasteiger charge is 2.14. The molecule has 1 N–H and O–H groups in total. The molecular formula is C25H19BrCl2N2O4. The number of rotatable bonds is 8. The lowest BCUT2D eigenvalue weighted by molar-refractivity contribution is 0.0929. The molecule has 9 heteroatoms. The highest BCUT2D eigenvalue weighted by molar-refractivity contribution is 9.10. The first kappa shape index (κ1) is 24.1. The molecule has 0 radical (unpaired) electrons. The number of carbonyl (C=O) groups excluding carboxylic acids is 1. The van der Waals surface area contributed by atoms with E-state index in [0.717, 1.165) is 10.9 Å². The van der Waals surface area contributed by atoms with Crippen LogP contribution in [0.2, 0.25) is 10.0 Å². The topological polar surface area (TPSA) is 73.1 Å². The van der Waals surface area contributed by atoms with Crippen LogP contribution < -0.4 is 14.9 Å². The smallest absolute Gasteiger partial charge is 0.307 e. The number of hydrazone groups is 1. The van der Waals surface area contributed by atoms with Crippen LogP contribution in [0.25, 0.3) is 11.0 Å². The third-order valence-electron chi connectivity index (χ3n) is 4.75. The van der Waals surface area contributed by atoms with Crippen molar-refractivity contribution in [2.75, 3.05) is 6.61 Å². The number of furan rings is 1. The number of amides is 1. The summed E-state index contributed by atoms with van der Waals surface area (Å²) in [6, 6.07) is 17.9. The average molecular weight is 562 g/mol. The van der Waals surface area contributed by atoms with E-state index in [4.69, 9.17) is 37.1 Å². The van der Waals surface area contributed by atoms with Gasteiger partial charge in [0.15, 0.2) is 17.3 Å². The second-order valence-electron chi connectivity index (χ2n) is 7.14. The Bertz CT molecular complexity index is 1340. The molecule has 34 heavy (non-hydrogen) atoms. The highest BCUT2D eigenvalue weighted by Crippen LogP contribution is 2.37. The molecule has 0 atom stereocenters. The Kier molecular flexibility index (Phi) is 7.77. The SMILES string of the molecule is CCOc1cc(/C=N/NC(=O)c2cc3ccccc3o2)cc(Br)c1OCc1ccc(Cl)cc1Cl. The summed E-state index contributed by atoms with van der Waals surface area (Å²) < 4.78 is 17.9. The lowest BCUT2D eigenvalue weighted by Crippen LogP contribution is -2.16. The van der Waals surface area contributed by atoms with Gasteiger partial charge in [0.05, 0.1) is 17.3 Å². The van der Waals surface area contributed by atoms with Crippen molar-refractivity contribution in [3.05, 3.63) is 92.1 Å². The Labute approximate surface area is 214 Å². The van der Waals surface area contributed by atoms with Crippen molar-refractivity contribution >= 4 is 62.2 Å². The molecule has 0 saturated carbocycles. The fraction of sp³-hybridized carbons (Fsp3) is 0.120. The van der Waals surface area contributed by atoms with Crippen molar-refractivity contribution in [2.24, 2.45) is 5.10 Å². The number of halogens is 3. The van der Waals surface area contributed by atoms with E-state index >= 15 is 0 Å². The molecule has 0 aliphatic carbocycles. The number of carbonyl (C=O) groups is 1. The molecule has 1 amide bonds. The minimum absolute atomic E-state index is 0.180. The Balaban J connectivity index is 1.47.